The summed E-state index contributed by atoms with van der Waals surface area (Å²) in [4.78, 5) is 36.3. The summed E-state index contributed by atoms with van der Waals surface area (Å²) in [6.45, 7) is 3.56. The number of hydrogen-bond acceptors (Lipinski definition) is 7. The molecule has 11 heteroatoms. The molecule has 2 amide bonds. The van der Waals surface area contributed by atoms with Crippen molar-refractivity contribution in [3.05, 3.63) is 99.4 Å². The number of amides is 2. The fraction of sp³-hybridized carbons (Fsp3) is 0.222. The van der Waals surface area contributed by atoms with E-state index in [4.69, 9.17) is 9.47 Å². The van der Waals surface area contributed by atoms with E-state index in [9.17, 15) is 24.1 Å². The van der Waals surface area contributed by atoms with Crippen LogP contribution in [0, 0.1) is 21.8 Å². The maximum atomic E-state index is 14.0. The van der Waals surface area contributed by atoms with Gasteiger partial charge in [-0.3, -0.25) is 19.7 Å². The zero-order valence-electron chi connectivity index (χ0n) is 21.0. The number of carbonyl (C=O) groups excluding carboxylic acids is 2. The predicted molar refractivity (Wildman–Crippen MR) is 139 cm³/mol. The maximum Gasteiger partial charge on any atom is 0.282 e. The number of halogens is 1. The minimum absolute atomic E-state index is 0.0516. The number of nitrogens with zero attached hydrogens (tertiary/aromatic N) is 2. The van der Waals surface area contributed by atoms with E-state index in [0.717, 1.165) is 17.8 Å². The molecule has 0 fully saturated rings. The molecule has 1 atom stereocenters. The molecule has 1 unspecified atom stereocenters. The second kappa shape index (κ2) is 12.9. The maximum absolute atomic E-state index is 14.0. The lowest BCUT2D eigenvalue weighted by Crippen LogP contribution is -2.48. The Labute approximate surface area is 218 Å². The van der Waals surface area contributed by atoms with E-state index in [1.54, 1.807) is 13.8 Å². The van der Waals surface area contributed by atoms with E-state index in [-0.39, 0.29) is 40.8 Å². The van der Waals surface area contributed by atoms with Gasteiger partial charge in [0.15, 0.2) is 11.5 Å². The fourth-order valence-corrected chi connectivity index (χ4v) is 3.47. The molecular formula is C27H27FN4O6. The van der Waals surface area contributed by atoms with Crippen LogP contribution in [0.5, 0.6) is 11.5 Å². The molecule has 3 rings (SSSR count). The molecule has 198 valence electrons. The Bertz CT molecular complexity index is 1330. The van der Waals surface area contributed by atoms with E-state index >= 15 is 0 Å². The molecule has 0 aromatic heterocycles. The van der Waals surface area contributed by atoms with Crippen LogP contribution in [0.2, 0.25) is 0 Å². The highest BCUT2D eigenvalue weighted by Crippen LogP contribution is 2.34. The number of benzene rings is 3. The molecule has 10 nitrogen and oxygen atoms in total. The lowest BCUT2D eigenvalue weighted by molar-refractivity contribution is -0.385. The Morgan fingerprint density at radius 2 is 1.76 bits per heavy atom. The highest BCUT2D eigenvalue weighted by atomic mass is 19.1. The lowest BCUT2D eigenvalue weighted by Gasteiger charge is -2.20. The molecule has 0 spiro atoms. The monoisotopic (exact) mass is 522 g/mol. The Kier molecular flexibility index (Phi) is 9.47. The number of methoxy groups -OCH3 is 1. The van der Waals surface area contributed by atoms with Crippen LogP contribution in [0.15, 0.2) is 71.8 Å². The zero-order valence-corrected chi connectivity index (χ0v) is 21.0. The van der Waals surface area contributed by atoms with Gasteiger partial charge in [0.2, 0.25) is 0 Å². The van der Waals surface area contributed by atoms with Crippen LogP contribution >= 0.6 is 0 Å². The molecule has 2 N–H and O–H groups in total. The van der Waals surface area contributed by atoms with Crippen molar-refractivity contribution in [2.24, 2.45) is 11.0 Å². The third-order valence-electron chi connectivity index (χ3n) is 5.48. The highest BCUT2D eigenvalue weighted by Gasteiger charge is 2.26. The van der Waals surface area contributed by atoms with E-state index in [1.807, 2.05) is 30.3 Å². The number of nitro benzene ring substituents is 1. The first kappa shape index (κ1) is 27.8. The van der Waals surface area contributed by atoms with Gasteiger partial charge in [-0.1, -0.05) is 56.3 Å². The van der Waals surface area contributed by atoms with Crippen LogP contribution < -0.4 is 20.2 Å². The van der Waals surface area contributed by atoms with Crippen LogP contribution in [0.3, 0.4) is 0 Å². The molecule has 0 aliphatic rings. The van der Waals surface area contributed by atoms with Crippen molar-refractivity contribution in [2.75, 3.05) is 7.11 Å². The second-order valence-corrected chi connectivity index (χ2v) is 8.50. The first-order valence-electron chi connectivity index (χ1n) is 11.6. The molecule has 0 aliphatic carbocycles. The van der Waals surface area contributed by atoms with Gasteiger partial charge in [-0.15, -0.1) is 0 Å². The summed E-state index contributed by atoms with van der Waals surface area (Å²) in [7, 11) is 1.39. The summed E-state index contributed by atoms with van der Waals surface area (Å²) in [5, 5.41) is 18.0. The predicted octanol–water partition coefficient (Wildman–Crippen LogP) is 4.23. The number of hydrogen-bond donors (Lipinski definition) is 2. The number of nitrogens with one attached hydrogen (secondary N) is 2. The van der Waals surface area contributed by atoms with Crippen LogP contribution in [-0.4, -0.2) is 36.1 Å². The van der Waals surface area contributed by atoms with Gasteiger partial charge >= 0.3 is 0 Å². The largest absolute Gasteiger partial charge is 0.493 e. The van der Waals surface area contributed by atoms with Gasteiger partial charge < -0.3 is 14.8 Å². The Balaban J connectivity index is 1.75. The number of hydrazone groups is 1. The Morgan fingerprint density at radius 1 is 1.08 bits per heavy atom. The molecule has 0 heterocycles. The topological polar surface area (TPSA) is 132 Å². The smallest absolute Gasteiger partial charge is 0.282 e. The van der Waals surface area contributed by atoms with E-state index in [1.165, 1.54) is 37.4 Å². The van der Waals surface area contributed by atoms with Crippen molar-refractivity contribution in [1.82, 2.24) is 10.7 Å². The van der Waals surface area contributed by atoms with Gasteiger partial charge in [0.1, 0.15) is 18.5 Å². The summed E-state index contributed by atoms with van der Waals surface area (Å²) < 4.78 is 25.0. The van der Waals surface area contributed by atoms with Crippen molar-refractivity contribution < 1.29 is 28.4 Å². The van der Waals surface area contributed by atoms with Gasteiger partial charge in [0, 0.05) is 0 Å². The van der Waals surface area contributed by atoms with Gasteiger partial charge in [-0.2, -0.15) is 5.10 Å². The van der Waals surface area contributed by atoms with Crippen LogP contribution in [0.25, 0.3) is 0 Å². The van der Waals surface area contributed by atoms with Crippen LogP contribution in [0.4, 0.5) is 10.1 Å². The third-order valence-corrected chi connectivity index (χ3v) is 5.48. The first-order valence-corrected chi connectivity index (χ1v) is 11.6. The van der Waals surface area contributed by atoms with Crippen molar-refractivity contribution >= 4 is 23.7 Å². The molecule has 0 radical (unpaired) electrons. The quantitative estimate of drug-likeness (QED) is 0.220. The normalized spacial score (nSPS) is 11.7. The van der Waals surface area contributed by atoms with Crippen molar-refractivity contribution in [2.45, 2.75) is 26.5 Å². The number of carbonyl (C=O) groups is 2. The fourth-order valence-electron chi connectivity index (χ4n) is 3.47. The standard InChI is InChI=1S/C27H27FN4O6/c1-17(2)25(30-26(33)20-11-7-8-12-21(20)28)27(34)31-29-15-19-13-23(37-3)24(14-22(19)32(35)36)38-16-18-9-5-4-6-10-18/h4-15,17,25H,16H2,1-3H3,(H,30,33)(H,31,34)/b29-15+. The van der Waals surface area contributed by atoms with Crippen LogP contribution in [-0.2, 0) is 11.4 Å². The number of rotatable bonds is 11. The SMILES string of the molecule is COc1cc(/C=N/NC(=O)C(NC(=O)c2ccccc2F)C(C)C)c([N+](=O)[O-])cc1OCc1ccccc1. The first-order chi connectivity index (χ1) is 18.2. The van der Waals surface area contributed by atoms with Gasteiger partial charge in [-0.05, 0) is 29.7 Å². The molecule has 0 saturated heterocycles. The Hall–Kier alpha value is -4.80. The minimum atomic E-state index is -1.04. The van der Waals surface area contributed by atoms with Crippen molar-refractivity contribution in [1.29, 1.82) is 0 Å². The summed E-state index contributed by atoms with van der Waals surface area (Å²) in [5.74, 6) is -2.12. The van der Waals surface area contributed by atoms with Crippen LogP contribution in [0.1, 0.15) is 35.3 Å². The van der Waals surface area contributed by atoms with Crippen molar-refractivity contribution in [3.63, 3.8) is 0 Å². The van der Waals surface area contributed by atoms with Gasteiger partial charge in [-0.25, -0.2) is 9.82 Å². The highest BCUT2D eigenvalue weighted by molar-refractivity contribution is 5.98. The molecular weight excluding hydrogens is 495 g/mol. The average Bonchev–Trinajstić information content (AvgIpc) is 2.90. The van der Waals surface area contributed by atoms with E-state index < -0.39 is 28.6 Å². The average molecular weight is 523 g/mol. The third kappa shape index (κ3) is 7.12. The second-order valence-electron chi connectivity index (χ2n) is 8.50. The van der Waals surface area contributed by atoms with E-state index in [0.29, 0.717) is 0 Å². The molecule has 3 aromatic carbocycles. The summed E-state index contributed by atoms with van der Waals surface area (Å²) >= 11 is 0. The molecule has 38 heavy (non-hydrogen) atoms. The summed E-state index contributed by atoms with van der Waals surface area (Å²) in [6, 6.07) is 16.2. The van der Waals surface area contributed by atoms with E-state index in [2.05, 4.69) is 15.8 Å². The molecule has 0 bridgehead atoms. The summed E-state index contributed by atoms with van der Waals surface area (Å²) in [6.07, 6.45) is 1.09. The molecule has 0 saturated carbocycles. The zero-order chi connectivity index (χ0) is 27.7. The lowest BCUT2D eigenvalue weighted by atomic mass is 10.0. The van der Waals surface area contributed by atoms with Crippen molar-refractivity contribution in [3.8, 4) is 11.5 Å². The molecule has 0 aliphatic heterocycles. The molecule has 3 aromatic rings. The minimum Gasteiger partial charge on any atom is -0.493 e. The number of ether oxygens (including phenoxy) is 2. The number of nitro groups is 1. The van der Waals surface area contributed by atoms with Gasteiger partial charge in [0.05, 0.1) is 35.4 Å². The Morgan fingerprint density at radius 3 is 2.39 bits per heavy atom. The van der Waals surface area contributed by atoms with Gasteiger partial charge in [0.25, 0.3) is 17.5 Å². The summed E-state index contributed by atoms with van der Waals surface area (Å²) in [5.41, 5.74) is 2.67.